The van der Waals surface area contributed by atoms with Crippen LogP contribution in [0.1, 0.15) is 22.3 Å². The minimum atomic E-state index is -2.72. The number of hydroxylamine groups is 1. The van der Waals surface area contributed by atoms with E-state index in [4.69, 9.17) is 10.9 Å². The van der Waals surface area contributed by atoms with E-state index in [0.717, 1.165) is 0 Å². The number of ketones is 2. The highest BCUT2D eigenvalue weighted by molar-refractivity contribution is 6.25. The maximum Gasteiger partial charge on any atom is 0.255 e. The number of nitrogens with zero attached hydrogens (tertiary/aromatic N) is 1. The second-order valence-electron chi connectivity index (χ2n) is 9.34. The number of allylic oxidation sites excluding steroid dienone is 1. The van der Waals surface area contributed by atoms with E-state index in [2.05, 4.69) is 5.32 Å². The van der Waals surface area contributed by atoms with Crippen LogP contribution in [0.15, 0.2) is 34.8 Å². The van der Waals surface area contributed by atoms with E-state index in [1.165, 1.54) is 17.0 Å². The van der Waals surface area contributed by atoms with Gasteiger partial charge in [0, 0.05) is 11.5 Å². The molecule has 192 valence electrons. The molecule has 1 aromatic carbocycles. The predicted octanol–water partition coefficient (Wildman–Crippen LogP) is -0.962. The number of aliphatic hydroxyl groups excluding tert-OH is 2. The third-order valence-corrected chi connectivity index (χ3v) is 7.11. The number of amides is 2. The Morgan fingerprint density at radius 1 is 1.19 bits per heavy atom. The Balaban J connectivity index is 1.87. The van der Waals surface area contributed by atoms with Crippen LogP contribution in [0.25, 0.3) is 0 Å². The van der Waals surface area contributed by atoms with Crippen molar-refractivity contribution in [3.63, 3.8) is 0 Å². The van der Waals surface area contributed by atoms with Gasteiger partial charge in [0.25, 0.3) is 5.91 Å². The normalized spacial score (nSPS) is 27.5. The number of hydrogen-bond acceptors (Lipinski definition) is 11. The molecule has 1 aromatic rings. The quantitative estimate of drug-likeness (QED) is 0.139. The van der Waals surface area contributed by atoms with Gasteiger partial charge in [0.05, 0.1) is 17.3 Å². The van der Waals surface area contributed by atoms with Gasteiger partial charge in [-0.1, -0.05) is 6.07 Å². The zero-order valence-electron chi connectivity index (χ0n) is 19.4. The van der Waals surface area contributed by atoms with Crippen LogP contribution in [0.2, 0.25) is 0 Å². The first-order valence-corrected chi connectivity index (χ1v) is 11.0. The van der Waals surface area contributed by atoms with Crippen molar-refractivity contribution in [3.8, 4) is 5.75 Å². The van der Waals surface area contributed by atoms with E-state index in [0.29, 0.717) is 5.56 Å². The molecule has 0 saturated carbocycles. The van der Waals surface area contributed by atoms with Crippen molar-refractivity contribution in [1.29, 1.82) is 0 Å². The van der Waals surface area contributed by atoms with Crippen molar-refractivity contribution >= 4 is 29.1 Å². The number of Topliss-reactive ketones (excluding diaryl/α,β-unsaturated/α-hetero) is 2. The zero-order chi connectivity index (χ0) is 26.7. The molecule has 0 spiro atoms. The molecule has 0 radical (unpaired) electrons. The van der Waals surface area contributed by atoms with Crippen LogP contribution >= 0.6 is 0 Å². The first-order valence-electron chi connectivity index (χ1n) is 11.0. The highest BCUT2D eigenvalue weighted by Crippen LogP contribution is 2.52. The lowest BCUT2D eigenvalue weighted by molar-refractivity contribution is -0.148. The summed E-state index contributed by atoms with van der Waals surface area (Å²) in [4.78, 5) is 52.0. The number of carbonyl (C=O) groups is 4. The SMILES string of the molecule is CN(C)[C@@H]1C(O)=C(C(N)=O)C(=O)[C@@]2(O)C(O)=C3C(=O)c4c(ccc(NC(=O)CNO)c4O)CC3CC12. The molecule has 4 atom stereocenters. The minimum absolute atomic E-state index is 0.0207. The van der Waals surface area contributed by atoms with Crippen LogP contribution in [0, 0.1) is 11.8 Å². The first-order chi connectivity index (χ1) is 16.9. The highest BCUT2D eigenvalue weighted by Gasteiger charge is 2.63. The fourth-order valence-corrected chi connectivity index (χ4v) is 5.59. The Hall–Kier alpha value is -3.78. The molecule has 36 heavy (non-hydrogen) atoms. The third-order valence-electron chi connectivity index (χ3n) is 7.11. The fourth-order valence-electron chi connectivity index (χ4n) is 5.59. The summed E-state index contributed by atoms with van der Waals surface area (Å²) in [6.45, 7) is -0.482. The van der Waals surface area contributed by atoms with Crippen molar-refractivity contribution in [2.24, 2.45) is 17.6 Å². The number of phenols is 1. The van der Waals surface area contributed by atoms with Gasteiger partial charge in [0.15, 0.2) is 17.1 Å². The predicted molar refractivity (Wildman–Crippen MR) is 122 cm³/mol. The molecule has 0 bridgehead atoms. The Bertz CT molecular complexity index is 1270. The van der Waals surface area contributed by atoms with Crippen LogP contribution in [-0.2, 0) is 20.8 Å². The lowest BCUT2D eigenvalue weighted by Crippen LogP contribution is -2.63. The fraction of sp³-hybridized carbons (Fsp3) is 0.391. The molecule has 9 N–H and O–H groups in total. The molecule has 0 heterocycles. The van der Waals surface area contributed by atoms with E-state index < -0.39 is 76.2 Å². The van der Waals surface area contributed by atoms with Crippen LogP contribution < -0.4 is 16.5 Å². The Labute approximate surface area is 204 Å². The minimum Gasteiger partial charge on any atom is -0.510 e. The number of phenolic OH excluding ortho intramolecular Hbond substituents is 1. The smallest absolute Gasteiger partial charge is 0.255 e. The summed E-state index contributed by atoms with van der Waals surface area (Å²) in [5.41, 5.74) is 3.11. The van der Waals surface area contributed by atoms with Gasteiger partial charge in [0.1, 0.15) is 23.6 Å². The number of nitrogens with one attached hydrogen (secondary N) is 2. The Kier molecular flexibility index (Phi) is 6.12. The van der Waals surface area contributed by atoms with Crippen LogP contribution in [0.3, 0.4) is 0 Å². The van der Waals surface area contributed by atoms with E-state index in [1.54, 1.807) is 19.6 Å². The number of nitrogens with two attached hydrogens (primary N) is 1. The third kappa shape index (κ3) is 3.47. The summed E-state index contributed by atoms with van der Waals surface area (Å²) in [6.07, 6.45) is 0.113. The van der Waals surface area contributed by atoms with Crippen molar-refractivity contribution in [2.45, 2.75) is 24.5 Å². The van der Waals surface area contributed by atoms with E-state index >= 15 is 0 Å². The van der Waals surface area contributed by atoms with Crippen LogP contribution in [-0.4, -0.2) is 86.2 Å². The molecule has 2 amide bonds. The molecular weight excluding hydrogens is 476 g/mol. The summed E-state index contributed by atoms with van der Waals surface area (Å²) < 4.78 is 0. The zero-order valence-corrected chi connectivity index (χ0v) is 19.4. The largest absolute Gasteiger partial charge is 0.510 e. The molecule has 3 aliphatic carbocycles. The van der Waals surface area contributed by atoms with Crippen LogP contribution in [0.4, 0.5) is 5.69 Å². The number of hydrogen-bond donors (Lipinski definition) is 8. The summed E-state index contributed by atoms with van der Waals surface area (Å²) in [5.74, 6) is -8.19. The second kappa shape index (κ2) is 8.71. The molecule has 13 nitrogen and oxygen atoms in total. The Morgan fingerprint density at radius 3 is 2.44 bits per heavy atom. The van der Waals surface area contributed by atoms with Crippen molar-refractivity contribution in [2.75, 3.05) is 26.0 Å². The lowest BCUT2D eigenvalue weighted by Gasteiger charge is -2.50. The number of rotatable bonds is 5. The molecule has 0 aliphatic heterocycles. The first kappa shape index (κ1) is 25.3. The van der Waals surface area contributed by atoms with Gasteiger partial charge in [-0.2, -0.15) is 5.48 Å². The standard InChI is InChI=1S/C23H26N4O9/c1-27(2)16-10-6-9-5-8-3-4-11(26-12(28)7-25-36)17(29)13(8)18(30)14(9)20(32)23(10,35)21(33)15(19(16)31)22(24)34/h3-4,9-10,16,25,29,31-32,35-36H,5-7H2,1-2H3,(H2,24,34)(H,26,28)/t9?,10?,16-,23-/m0/s1. The molecular formula is C23H26N4O9. The topological polar surface area (TPSA) is 223 Å². The molecule has 3 aliphatic rings. The van der Waals surface area contributed by atoms with Gasteiger partial charge in [-0.25, -0.2) is 0 Å². The molecule has 0 saturated heterocycles. The van der Waals surface area contributed by atoms with Crippen molar-refractivity contribution in [1.82, 2.24) is 10.4 Å². The molecule has 13 heteroatoms. The number of benzene rings is 1. The summed E-state index contributed by atoms with van der Waals surface area (Å²) in [7, 11) is 3.10. The average molecular weight is 502 g/mol. The van der Waals surface area contributed by atoms with E-state index in [1.807, 2.05) is 0 Å². The Morgan fingerprint density at radius 2 is 1.86 bits per heavy atom. The lowest BCUT2D eigenvalue weighted by atomic mass is 9.58. The number of likely N-dealkylation sites (N-methyl/N-ethyl adjacent to an activating group) is 1. The maximum atomic E-state index is 13.5. The van der Waals surface area contributed by atoms with Crippen LogP contribution in [0.5, 0.6) is 5.75 Å². The molecule has 0 fully saturated rings. The molecule has 0 aromatic heterocycles. The van der Waals surface area contributed by atoms with Gasteiger partial charge in [0.2, 0.25) is 11.7 Å². The van der Waals surface area contributed by atoms with Gasteiger partial charge in [-0.05, 0) is 44.5 Å². The number of carbonyl (C=O) groups excluding carboxylic acids is 4. The number of primary amides is 1. The van der Waals surface area contributed by atoms with Crippen molar-refractivity contribution < 1.29 is 44.8 Å². The molecule has 4 rings (SSSR count). The average Bonchev–Trinajstić information content (AvgIpc) is 2.78. The van der Waals surface area contributed by atoms with E-state index in [-0.39, 0.29) is 29.7 Å². The van der Waals surface area contributed by atoms with Gasteiger partial charge in [-0.3, -0.25) is 24.1 Å². The van der Waals surface area contributed by atoms with Crippen molar-refractivity contribution in [3.05, 3.63) is 45.9 Å². The highest BCUT2D eigenvalue weighted by atomic mass is 16.5. The number of aromatic hydroxyl groups is 1. The van der Waals surface area contributed by atoms with Gasteiger partial charge < -0.3 is 36.7 Å². The monoisotopic (exact) mass is 502 g/mol. The summed E-state index contributed by atoms with van der Waals surface area (Å²) >= 11 is 0. The summed E-state index contributed by atoms with van der Waals surface area (Å²) in [5, 5.41) is 55.2. The summed E-state index contributed by atoms with van der Waals surface area (Å²) in [6, 6.07) is 1.83. The maximum absolute atomic E-state index is 13.5. The number of aliphatic hydroxyl groups is 3. The molecule has 2 unspecified atom stereocenters. The number of fused-ring (bicyclic) bond motifs is 3. The van der Waals surface area contributed by atoms with Gasteiger partial charge in [-0.15, -0.1) is 0 Å². The van der Waals surface area contributed by atoms with Gasteiger partial charge >= 0.3 is 0 Å². The van der Waals surface area contributed by atoms with E-state index in [9.17, 15) is 39.6 Å². The number of anilines is 1. The second-order valence-corrected chi connectivity index (χ2v) is 9.34.